The molecule has 2 rings (SSSR count). The Balaban J connectivity index is 2.31. The number of ether oxygens (including phenoxy) is 1. The van der Waals surface area contributed by atoms with Crippen LogP contribution in [0.1, 0.15) is 50.7 Å². The maximum Gasteiger partial charge on any atom is 0.333 e. The number of carbonyl (C=O) groups is 1. The number of unbranched alkanes of at least 4 members (excludes halogenated alkanes) is 2. The molecule has 0 aromatic heterocycles. The minimum Gasteiger partial charge on any atom is -0.457 e. The van der Waals surface area contributed by atoms with Crippen molar-refractivity contribution in [2.75, 3.05) is 6.61 Å². The van der Waals surface area contributed by atoms with E-state index in [0.717, 1.165) is 30.0 Å². The summed E-state index contributed by atoms with van der Waals surface area (Å²) in [6.07, 6.45) is 5.66. The summed E-state index contributed by atoms with van der Waals surface area (Å²) in [5.74, 6) is -0.359. The van der Waals surface area contributed by atoms with Crippen LogP contribution in [0.2, 0.25) is 19.1 Å². The van der Waals surface area contributed by atoms with E-state index in [2.05, 4.69) is 69.1 Å². The fourth-order valence-electron chi connectivity index (χ4n) is 3.92. The molecule has 0 aliphatic heterocycles. The zero-order chi connectivity index (χ0) is 22.9. The van der Waals surface area contributed by atoms with Crippen molar-refractivity contribution in [3.05, 3.63) is 65.7 Å². The summed E-state index contributed by atoms with van der Waals surface area (Å²) in [4.78, 5) is 12.0. The van der Waals surface area contributed by atoms with Crippen LogP contribution in [0, 0.1) is 0 Å². The van der Waals surface area contributed by atoms with Crippen molar-refractivity contribution in [3.63, 3.8) is 0 Å². The third kappa shape index (κ3) is 7.48. The van der Waals surface area contributed by atoms with Crippen molar-refractivity contribution >= 4 is 19.2 Å². The van der Waals surface area contributed by atoms with Crippen molar-refractivity contribution < 1.29 is 14.6 Å². The van der Waals surface area contributed by atoms with E-state index in [4.69, 9.17) is 4.74 Å². The Morgan fingerprint density at radius 2 is 1.71 bits per heavy atom. The Hall–Kier alpha value is -2.17. The standard InChI is InChI=1S/C27H38O3Si/c1-6-7-8-10-22-11-13-23(14-12-22)24-15-16-26(31(4,5)18-9-17-28)25(19-24)20-30-27(29)21(2)3/h11-16,19,28H,2,6-10,17-18,20H2,1,3-5H3. The highest BCUT2D eigenvalue weighted by Crippen LogP contribution is 2.24. The highest BCUT2D eigenvalue weighted by molar-refractivity contribution is 6.90. The van der Waals surface area contributed by atoms with Crippen LogP contribution >= 0.6 is 0 Å². The lowest BCUT2D eigenvalue weighted by Crippen LogP contribution is -2.43. The summed E-state index contributed by atoms with van der Waals surface area (Å²) < 4.78 is 5.53. The molecule has 0 saturated heterocycles. The monoisotopic (exact) mass is 438 g/mol. The molecule has 0 aliphatic rings. The second kappa shape index (κ2) is 12.0. The van der Waals surface area contributed by atoms with Gasteiger partial charge in [-0.05, 0) is 54.5 Å². The smallest absolute Gasteiger partial charge is 0.333 e. The zero-order valence-electron chi connectivity index (χ0n) is 19.7. The first-order chi connectivity index (χ1) is 14.8. The molecule has 168 valence electrons. The minimum atomic E-state index is -1.77. The normalized spacial score (nSPS) is 11.4. The van der Waals surface area contributed by atoms with Gasteiger partial charge in [-0.25, -0.2) is 4.79 Å². The maximum atomic E-state index is 12.0. The third-order valence-electron chi connectivity index (χ3n) is 5.86. The molecule has 0 bridgehead atoms. The molecule has 31 heavy (non-hydrogen) atoms. The van der Waals surface area contributed by atoms with Crippen LogP contribution in [-0.2, 0) is 22.6 Å². The fourth-order valence-corrected chi connectivity index (χ4v) is 6.78. The van der Waals surface area contributed by atoms with Crippen LogP contribution in [0.15, 0.2) is 54.6 Å². The summed E-state index contributed by atoms with van der Waals surface area (Å²) >= 11 is 0. The molecule has 0 radical (unpaired) electrons. The van der Waals surface area contributed by atoms with Crippen molar-refractivity contribution in [2.45, 2.75) is 71.7 Å². The lowest BCUT2D eigenvalue weighted by Gasteiger charge is -2.26. The second-order valence-corrected chi connectivity index (χ2v) is 13.9. The van der Waals surface area contributed by atoms with Crippen LogP contribution in [-0.4, -0.2) is 25.8 Å². The van der Waals surface area contributed by atoms with Gasteiger partial charge in [-0.3, -0.25) is 0 Å². The average Bonchev–Trinajstić information content (AvgIpc) is 2.76. The van der Waals surface area contributed by atoms with Gasteiger partial charge in [0.1, 0.15) is 6.61 Å². The van der Waals surface area contributed by atoms with Crippen LogP contribution in [0.25, 0.3) is 11.1 Å². The number of rotatable bonds is 12. The molecule has 0 amide bonds. The Labute approximate surface area is 189 Å². The van der Waals surface area contributed by atoms with Crippen LogP contribution in [0.4, 0.5) is 0 Å². The first-order valence-corrected chi connectivity index (χ1v) is 14.7. The first-order valence-electron chi connectivity index (χ1n) is 11.4. The quantitative estimate of drug-likeness (QED) is 0.191. The molecule has 1 N–H and O–H groups in total. The Kier molecular flexibility index (Phi) is 9.72. The predicted molar refractivity (Wildman–Crippen MR) is 133 cm³/mol. The molecule has 0 spiro atoms. The maximum absolute atomic E-state index is 12.0. The molecular formula is C27H38O3Si. The molecule has 0 atom stereocenters. The van der Waals surface area contributed by atoms with Gasteiger partial charge >= 0.3 is 5.97 Å². The lowest BCUT2D eigenvalue weighted by molar-refractivity contribution is -0.140. The highest BCUT2D eigenvalue weighted by Gasteiger charge is 2.26. The van der Waals surface area contributed by atoms with Gasteiger partial charge in [0.2, 0.25) is 0 Å². The molecule has 0 unspecified atom stereocenters. The third-order valence-corrected chi connectivity index (χ3v) is 9.41. The number of esters is 1. The molecule has 0 saturated carbocycles. The summed E-state index contributed by atoms with van der Waals surface area (Å²) in [5, 5.41) is 10.6. The van der Waals surface area contributed by atoms with Gasteiger partial charge in [0, 0.05) is 12.2 Å². The average molecular weight is 439 g/mol. The van der Waals surface area contributed by atoms with Crippen molar-refractivity contribution in [1.29, 1.82) is 0 Å². The van der Waals surface area contributed by atoms with E-state index in [1.807, 2.05) is 0 Å². The molecule has 0 aliphatic carbocycles. The first kappa shape index (κ1) is 25.1. The number of aryl methyl sites for hydroxylation is 1. The van der Waals surface area contributed by atoms with E-state index in [1.165, 1.54) is 35.6 Å². The van der Waals surface area contributed by atoms with Crippen molar-refractivity contribution in [3.8, 4) is 11.1 Å². The number of aliphatic hydroxyl groups excluding tert-OH is 1. The van der Waals surface area contributed by atoms with E-state index >= 15 is 0 Å². The van der Waals surface area contributed by atoms with Gasteiger partial charge in [-0.1, -0.05) is 87.1 Å². The van der Waals surface area contributed by atoms with Gasteiger partial charge in [-0.15, -0.1) is 0 Å². The van der Waals surface area contributed by atoms with Gasteiger partial charge in [0.15, 0.2) is 0 Å². The molecule has 3 nitrogen and oxygen atoms in total. The summed E-state index contributed by atoms with van der Waals surface area (Å²) in [5.41, 5.74) is 5.16. The molecule has 0 heterocycles. The summed E-state index contributed by atoms with van der Waals surface area (Å²) in [7, 11) is -1.77. The number of hydrogen-bond acceptors (Lipinski definition) is 3. The van der Waals surface area contributed by atoms with E-state index in [9.17, 15) is 9.90 Å². The topological polar surface area (TPSA) is 46.5 Å². The highest BCUT2D eigenvalue weighted by atomic mass is 28.3. The summed E-state index contributed by atoms with van der Waals surface area (Å²) in [6, 6.07) is 16.4. The van der Waals surface area contributed by atoms with Crippen LogP contribution in [0.5, 0.6) is 0 Å². The molecule has 2 aromatic carbocycles. The zero-order valence-corrected chi connectivity index (χ0v) is 20.7. The summed E-state index contributed by atoms with van der Waals surface area (Å²) in [6.45, 7) is 12.7. The number of hydrogen-bond donors (Lipinski definition) is 1. The van der Waals surface area contributed by atoms with Gasteiger partial charge in [0.25, 0.3) is 0 Å². The SMILES string of the molecule is C=C(C)C(=O)OCc1cc(-c2ccc(CCCCC)cc2)ccc1[Si](C)(C)CCCO. The fraction of sp³-hybridized carbons (Fsp3) is 0.444. The molecular weight excluding hydrogens is 400 g/mol. The predicted octanol–water partition coefficient (Wildman–Crippen LogP) is 6.00. The number of carbonyl (C=O) groups excluding carboxylic acids is 1. The Bertz CT molecular complexity index is 869. The van der Waals surface area contributed by atoms with Crippen LogP contribution in [0.3, 0.4) is 0 Å². The molecule has 0 fully saturated rings. The van der Waals surface area contributed by atoms with Crippen LogP contribution < -0.4 is 5.19 Å². The largest absolute Gasteiger partial charge is 0.457 e. The Morgan fingerprint density at radius 1 is 1.03 bits per heavy atom. The van der Waals surface area contributed by atoms with E-state index in [1.54, 1.807) is 6.92 Å². The van der Waals surface area contributed by atoms with Crippen molar-refractivity contribution in [1.82, 2.24) is 0 Å². The molecule has 2 aromatic rings. The Morgan fingerprint density at radius 3 is 2.32 bits per heavy atom. The van der Waals surface area contributed by atoms with E-state index in [-0.39, 0.29) is 19.2 Å². The lowest BCUT2D eigenvalue weighted by atomic mass is 10.00. The van der Waals surface area contributed by atoms with Crippen molar-refractivity contribution in [2.24, 2.45) is 0 Å². The number of benzene rings is 2. The van der Waals surface area contributed by atoms with E-state index < -0.39 is 8.07 Å². The minimum absolute atomic E-state index is 0.207. The van der Waals surface area contributed by atoms with Gasteiger partial charge in [0.05, 0.1) is 8.07 Å². The second-order valence-electron chi connectivity index (χ2n) is 9.09. The van der Waals surface area contributed by atoms with Gasteiger partial charge in [-0.2, -0.15) is 0 Å². The molecule has 4 heteroatoms. The van der Waals surface area contributed by atoms with Gasteiger partial charge < -0.3 is 9.84 Å². The number of aliphatic hydroxyl groups is 1. The van der Waals surface area contributed by atoms with E-state index in [0.29, 0.717) is 5.57 Å².